The first kappa shape index (κ1) is 16.1. The van der Waals surface area contributed by atoms with E-state index in [1.165, 1.54) is 0 Å². The van der Waals surface area contributed by atoms with Gasteiger partial charge in [-0.1, -0.05) is 0 Å². The molecule has 2 amide bonds. The van der Waals surface area contributed by atoms with Crippen molar-refractivity contribution in [2.75, 3.05) is 39.4 Å². The van der Waals surface area contributed by atoms with Crippen LogP contribution in [0.15, 0.2) is 0 Å². The van der Waals surface area contributed by atoms with Crippen molar-refractivity contribution in [1.29, 1.82) is 0 Å². The third-order valence-corrected chi connectivity index (χ3v) is 3.75. The van der Waals surface area contributed by atoms with E-state index in [0.717, 1.165) is 12.8 Å². The van der Waals surface area contributed by atoms with E-state index in [1.54, 1.807) is 4.90 Å². The number of amides is 2. The van der Waals surface area contributed by atoms with E-state index in [4.69, 9.17) is 9.47 Å². The number of carbonyl (C=O) groups is 2. The highest BCUT2D eigenvalue weighted by molar-refractivity contribution is 5.80. The molecule has 6 nitrogen and oxygen atoms in total. The molecule has 0 aromatic heterocycles. The molecule has 0 N–H and O–H groups in total. The minimum absolute atomic E-state index is 0.107. The maximum atomic E-state index is 12.5. The Morgan fingerprint density at radius 3 is 2.38 bits per heavy atom. The lowest BCUT2D eigenvalue weighted by Crippen LogP contribution is -2.50. The van der Waals surface area contributed by atoms with Gasteiger partial charge in [-0.05, 0) is 33.6 Å². The molecule has 2 heterocycles. The molecule has 2 fully saturated rings. The first-order valence-corrected chi connectivity index (χ1v) is 7.71. The molecule has 0 saturated carbocycles. The number of rotatable bonds is 1. The van der Waals surface area contributed by atoms with Crippen LogP contribution >= 0.6 is 0 Å². The number of hydrogen-bond donors (Lipinski definition) is 0. The van der Waals surface area contributed by atoms with Crippen molar-refractivity contribution in [2.24, 2.45) is 5.92 Å². The van der Waals surface area contributed by atoms with Gasteiger partial charge in [-0.15, -0.1) is 0 Å². The minimum atomic E-state index is -0.502. The van der Waals surface area contributed by atoms with Gasteiger partial charge in [0.05, 0.1) is 19.1 Å². The molecule has 2 saturated heterocycles. The molecule has 0 radical (unpaired) electrons. The third-order valence-electron chi connectivity index (χ3n) is 3.75. The molecule has 2 rings (SSSR count). The van der Waals surface area contributed by atoms with E-state index in [2.05, 4.69) is 0 Å². The number of morpholine rings is 1. The fraction of sp³-hybridized carbons (Fsp3) is 0.867. The van der Waals surface area contributed by atoms with Gasteiger partial charge in [0.2, 0.25) is 5.91 Å². The van der Waals surface area contributed by atoms with E-state index in [0.29, 0.717) is 39.4 Å². The monoisotopic (exact) mass is 298 g/mol. The van der Waals surface area contributed by atoms with Crippen LogP contribution in [0.5, 0.6) is 0 Å². The van der Waals surface area contributed by atoms with Gasteiger partial charge in [0.1, 0.15) is 5.60 Å². The lowest BCUT2D eigenvalue weighted by atomic mass is 9.96. The summed E-state index contributed by atoms with van der Waals surface area (Å²) in [6, 6.07) is 0. The van der Waals surface area contributed by atoms with Crippen LogP contribution in [-0.2, 0) is 14.3 Å². The summed E-state index contributed by atoms with van der Waals surface area (Å²) < 4.78 is 10.7. The van der Waals surface area contributed by atoms with Crippen molar-refractivity contribution in [3.63, 3.8) is 0 Å². The lowest BCUT2D eigenvalue weighted by molar-refractivity contribution is -0.141. The molecule has 2 aliphatic rings. The molecule has 0 bridgehead atoms. The molecule has 0 aromatic rings. The second-order valence-electron chi connectivity index (χ2n) is 6.70. The summed E-state index contributed by atoms with van der Waals surface area (Å²) in [7, 11) is 0. The van der Waals surface area contributed by atoms with Gasteiger partial charge in [-0.3, -0.25) is 4.79 Å². The van der Waals surface area contributed by atoms with Gasteiger partial charge in [0.25, 0.3) is 0 Å². The molecule has 0 aliphatic carbocycles. The largest absolute Gasteiger partial charge is 0.444 e. The summed E-state index contributed by atoms with van der Waals surface area (Å²) in [6.07, 6.45) is 1.37. The van der Waals surface area contributed by atoms with Gasteiger partial charge in [0.15, 0.2) is 0 Å². The van der Waals surface area contributed by atoms with Crippen molar-refractivity contribution in [1.82, 2.24) is 9.80 Å². The topological polar surface area (TPSA) is 59.1 Å². The zero-order valence-corrected chi connectivity index (χ0v) is 13.3. The fourth-order valence-electron chi connectivity index (χ4n) is 2.71. The van der Waals surface area contributed by atoms with Crippen LogP contribution in [0.2, 0.25) is 0 Å². The van der Waals surface area contributed by atoms with Gasteiger partial charge in [0, 0.05) is 26.2 Å². The number of hydrogen-bond acceptors (Lipinski definition) is 4. The number of carbonyl (C=O) groups excluding carboxylic acids is 2. The molecular formula is C15H26N2O4. The molecule has 0 aromatic carbocycles. The fourth-order valence-corrected chi connectivity index (χ4v) is 2.71. The second kappa shape index (κ2) is 6.64. The van der Waals surface area contributed by atoms with Crippen molar-refractivity contribution in [2.45, 2.75) is 39.2 Å². The van der Waals surface area contributed by atoms with Crippen molar-refractivity contribution >= 4 is 12.0 Å². The SMILES string of the molecule is CC(C)(C)OC(=O)N1CCCC(C(=O)N2CCOCC2)C1. The molecular weight excluding hydrogens is 272 g/mol. The lowest BCUT2D eigenvalue weighted by Gasteiger charge is -2.36. The van der Waals surface area contributed by atoms with E-state index in [1.807, 2.05) is 25.7 Å². The van der Waals surface area contributed by atoms with E-state index in [9.17, 15) is 9.59 Å². The summed E-state index contributed by atoms with van der Waals surface area (Å²) in [4.78, 5) is 28.1. The number of ether oxygens (including phenoxy) is 2. The first-order valence-electron chi connectivity index (χ1n) is 7.71. The zero-order valence-electron chi connectivity index (χ0n) is 13.3. The Balaban J connectivity index is 1.90. The zero-order chi connectivity index (χ0) is 15.5. The summed E-state index contributed by atoms with van der Waals surface area (Å²) in [6.45, 7) is 9.21. The Labute approximate surface area is 126 Å². The summed E-state index contributed by atoms with van der Waals surface area (Å²) in [5, 5.41) is 0. The second-order valence-corrected chi connectivity index (χ2v) is 6.70. The molecule has 0 spiro atoms. The van der Waals surface area contributed by atoms with Crippen molar-refractivity contribution in [3.8, 4) is 0 Å². The van der Waals surface area contributed by atoms with E-state index >= 15 is 0 Å². The van der Waals surface area contributed by atoms with Crippen LogP contribution in [0.1, 0.15) is 33.6 Å². The van der Waals surface area contributed by atoms with Crippen LogP contribution in [0.3, 0.4) is 0 Å². The van der Waals surface area contributed by atoms with Gasteiger partial charge >= 0.3 is 6.09 Å². The highest BCUT2D eigenvalue weighted by atomic mass is 16.6. The average molecular weight is 298 g/mol. The van der Waals surface area contributed by atoms with Crippen molar-refractivity contribution in [3.05, 3.63) is 0 Å². The highest BCUT2D eigenvalue weighted by Crippen LogP contribution is 2.21. The van der Waals surface area contributed by atoms with Gasteiger partial charge < -0.3 is 19.3 Å². The summed E-state index contributed by atoms with van der Waals surface area (Å²) >= 11 is 0. The number of piperidine rings is 1. The minimum Gasteiger partial charge on any atom is -0.444 e. The van der Waals surface area contributed by atoms with Crippen LogP contribution in [0.25, 0.3) is 0 Å². The molecule has 120 valence electrons. The predicted octanol–water partition coefficient (Wildman–Crippen LogP) is 1.49. The average Bonchev–Trinajstić information content (AvgIpc) is 2.46. The van der Waals surface area contributed by atoms with Crippen LogP contribution in [0.4, 0.5) is 4.79 Å². The molecule has 6 heteroatoms. The Kier molecular flexibility index (Phi) is 5.08. The van der Waals surface area contributed by atoms with Gasteiger partial charge in [-0.25, -0.2) is 4.79 Å². The van der Waals surface area contributed by atoms with Crippen LogP contribution < -0.4 is 0 Å². The number of likely N-dealkylation sites (tertiary alicyclic amines) is 1. The molecule has 21 heavy (non-hydrogen) atoms. The van der Waals surface area contributed by atoms with E-state index in [-0.39, 0.29) is 17.9 Å². The number of nitrogens with zero attached hydrogens (tertiary/aromatic N) is 2. The molecule has 1 atom stereocenters. The Morgan fingerprint density at radius 1 is 1.10 bits per heavy atom. The standard InChI is InChI=1S/C15H26N2O4/c1-15(2,3)21-14(19)17-6-4-5-12(11-17)13(18)16-7-9-20-10-8-16/h12H,4-11H2,1-3H3. The summed E-state index contributed by atoms with van der Waals surface area (Å²) in [5.41, 5.74) is -0.502. The normalized spacial score (nSPS) is 23.9. The molecule has 2 aliphatic heterocycles. The Bertz CT molecular complexity index is 386. The maximum absolute atomic E-state index is 12.5. The highest BCUT2D eigenvalue weighted by Gasteiger charge is 2.33. The van der Waals surface area contributed by atoms with E-state index < -0.39 is 5.60 Å². The Hall–Kier alpha value is -1.30. The third kappa shape index (κ3) is 4.59. The Morgan fingerprint density at radius 2 is 1.76 bits per heavy atom. The van der Waals surface area contributed by atoms with Gasteiger partial charge in [-0.2, -0.15) is 0 Å². The smallest absolute Gasteiger partial charge is 0.410 e. The summed E-state index contributed by atoms with van der Waals surface area (Å²) in [5.74, 6) is 0.0379. The van der Waals surface area contributed by atoms with Crippen LogP contribution in [0, 0.1) is 5.92 Å². The quantitative estimate of drug-likeness (QED) is 0.736. The maximum Gasteiger partial charge on any atom is 0.410 e. The van der Waals surface area contributed by atoms with Crippen LogP contribution in [-0.4, -0.2) is 66.8 Å². The predicted molar refractivity (Wildman–Crippen MR) is 77.9 cm³/mol. The first-order chi connectivity index (χ1) is 9.87. The molecule has 1 unspecified atom stereocenters. The van der Waals surface area contributed by atoms with Crippen molar-refractivity contribution < 1.29 is 19.1 Å².